The molecule has 0 aliphatic rings. The number of aromatic nitrogens is 2. The highest BCUT2D eigenvalue weighted by Crippen LogP contribution is 2.46. The molecular formula is C14H10F7N3O. The van der Waals surface area contributed by atoms with E-state index in [1.807, 2.05) is 0 Å². The Balaban J connectivity index is 2.11. The van der Waals surface area contributed by atoms with Crippen LogP contribution < -0.4 is 5.32 Å². The van der Waals surface area contributed by atoms with Gasteiger partial charge in [-0.2, -0.15) is 35.8 Å². The van der Waals surface area contributed by atoms with Crippen LogP contribution in [0.5, 0.6) is 0 Å². The maximum atomic E-state index is 13.2. The zero-order chi connectivity index (χ0) is 18.9. The Morgan fingerprint density at radius 2 is 1.60 bits per heavy atom. The van der Waals surface area contributed by atoms with Crippen LogP contribution in [0.2, 0.25) is 0 Å². The molecule has 0 aliphatic carbocycles. The highest BCUT2D eigenvalue weighted by Gasteiger charge is 2.76. The lowest BCUT2D eigenvalue weighted by atomic mass is 10.1. The normalized spacial score (nSPS) is 12.9. The topological polar surface area (TPSA) is 46.9 Å². The van der Waals surface area contributed by atoms with Crippen molar-refractivity contribution >= 4 is 11.7 Å². The summed E-state index contributed by atoms with van der Waals surface area (Å²) in [5, 5.41) is 4.89. The predicted octanol–water partition coefficient (Wildman–Crippen LogP) is 3.70. The van der Waals surface area contributed by atoms with Crippen molar-refractivity contribution in [1.29, 1.82) is 0 Å². The molecule has 0 bridgehead atoms. The van der Waals surface area contributed by atoms with Crippen LogP contribution in [0.25, 0.3) is 0 Å². The van der Waals surface area contributed by atoms with Gasteiger partial charge < -0.3 is 5.32 Å². The molecule has 0 atom stereocenters. The van der Waals surface area contributed by atoms with E-state index in [1.54, 1.807) is 30.3 Å². The number of amides is 1. The third-order valence-electron chi connectivity index (χ3n) is 3.11. The molecule has 1 aromatic carbocycles. The van der Waals surface area contributed by atoms with Crippen molar-refractivity contribution in [3.05, 3.63) is 48.2 Å². The predicted molar refractivity (Wildman–Crippen MR) is 72.3 cm³/mol. The number of benzene rings is 1. The number of rotatable bonds is 5. The number of alkyl halides is 7. The summed E-state index contributed by atoms with van der Waals surface area (Å²) >= 11 is 0. The van der Waals surface area contributed by atoms with Gasteiger partial charge in [0, 0.05) is 12.3 Å². The first-order valence-corrected chi connectivity index (χ1v) is 6.66. The van der Waals surface area contributed by atoms with Crippen LogP contribution in [0, 0.1) is 0 Å². The van der Waals surface area contributed by atoms with E-state index >= 15 is 0 Å². The minimum atomic E-state index is -6.58. The van der Waals surface area contributed by atoms with Gasteiger partial charge >= 0.3 is 23.9 Å². The van der Waals surface area contributed by atoms with E-state index in [4.69, 9.17) is 0 Å². The van der Waals surface area contributed by atoms with Gasteiger partial charge in [-0.05, 0) is 5.56 Å². The fourth-order valence-corrected chi connectivity index (χ4v) is 1.80. The number of carbonyl (C=O) groups excluding carboxylic acids is 1. The molecule has 11 heteroatoms. The number of nitrogens with zero attached hydrogens (tertiary/aromatic N) is 2. The van der Waals surface area contributed by atoms with E-state index in [1.165, 1.54) is 16.2 Å². The van der Waals surface area contributed by atoms with Crippen molar-refractivity contribution in [1.82, 2.24) is 9.78 Å². The highest BCUT2D eigenvalue weighted by atomic mass is 19.4. The van der Waals surface area contributed by atoms with Crippen molar-refractivity contribution < 1.29 is 35.5 Å². The molecule has 0 spiro atoms. The average molecular weight is 369 g/mol. The van der Waals surface area contributed by atoms with Crippen LogP contribution in [0.1, 0.15) is 5.56 Å². The van der Waals surface area contributed by atoms with Crippen molar-refractivity contribution in [2.75, 3.05) is 5.32 Å². The Bertz CT molecular complexity index is 740. The highest BCUT2D eigenvalue weighted by molar-refractivity contribution is 5.96. The second-order valence-electron chi connectivity index (χ2n) is 4.98. The SMILES string of the molecule is O=C(Nc1ccn(Cc2ccccc2)n1)C(F)(F)C(F)(F)C(F)(F)F. The van der Waals surface area contributed by atoms with E-state index in [0.717, 1.165) is 11.6 Å². The van der Waals surface area contributed by atoms with Crippen LogP contribution in [0.15, 0.2) is 42.6 Å². The lowest BCUT2D eigenvalue weighted by Gasteiger charge is -2.26. The summed E-state index contributed by atoms with van der Waals surface area (Å²) in [5.41, 5.74) is 0.761. The summed E-state index contributed by atoms with van der Waals surface area (Å²) in [4.78, 5) is 11.2. The molecule has 0 fully saturated rings. The molecule has 0 radical (unpaired) electrons. The Hall–Kier alpha value is -2.59. The standard InChI is InChI=1S/C14H10F7N3O/c15-12(16,13(17,18)14(19,20)21)11(25)22-10-6-7-24(23-10)8-9-4-2-1-3-5-9/h1-7H,8H2,(H,22,23,25). The molecular weight excluding hydrogens is 359 g/mol. The monoisotopic (exact) mass is 369 g/mol. The average Bonchev–Trinajstić information content (AvgIpc) is 2.94. The zero-order valence-corrected chi connectivity index (χ0v) is 12.2. The van der Waals surface area contributed by atoms with E-state index < -0.39 is 29.7 Å². The maximum Gasteiger partial charge on any atom is 0.460 e. The van der Waals surface area contributed by atoms with Gasteiger partial charge in [-0.15, -0.1) is 0 Å². The Morgan fingerprint density at radius 3 is 2.16 bits per heavy atom. The summed E-state index contributed by atoms with van der Waals surface area (Å²) in [6.07, 6.45) is -5.34. The molecule has 1 amide bonds. The van der Waals surface area contributed by atoms with Gasteiger partial charge in [0.25, 0.3) is 0 Å². The molecule has 136 valence electrons. The van der Waals surface area contributed by atoms with Gasteiger partial charge in [0.2, 0.25) is 0 Å². The Labute approximate surface area is 136 Å². The first-order valence-electron chi connectivity index (χ1n) is 6.66. The molecule has 4 nitrogen and oxygen atoms in total. The molecule has 0 saturated heterocycles. The van der Waals surface area contributed by atoms with Gasteiger partial charge in [-0.3, -0.25) is 9.48 Å². The van der Waals surface area contributed by atoms with E-state index in [0.29, 0.717) is 0 Å². The summed E-state index contributed by atoms with van der Waals surface area (Å²) in [6, 6.07) is 9.63. The maximum absolute atomic E-state index is 13.2. The lowest BCUT2D eigenvalue weighted by molar-refractivity contribution is -0.343. The fourth-order valence-electron chi connectivity index (χ4n) is 1.80. The summed E-state index contributed by atoms with van der Waals surface area (Å²) in [5.74, 6) is -15.9. The first kappa shape index (κ1) is 18.7. The van der Waals surface area contributed by atoms with Gasteiger partial charge in [-0.1, -0.05) is 30.3 Å². The summed E-state index contributed by atoms with van der Waals surface area (Å²) in [7, 11) is 0. The number of hydrogen-bond acceptors (Lipinski definition) is 2. The van der Waals surface area contributed by atoms with Crippen molar-refractivity contribution in [3.63, 3.8) is 0 Å². The fraction of sp³-hybridized carbons (Fsp3) is 0.286. The third kappa shape index (κ3) is 3.74. The number of nitrogens with one attached hydrogen (secondary N) is 1. The number of carbonyl (C=O) groups is 1. The van der Waals surface area contributed by atoms with Gasteiger partial charge in [0.1, 0.15) is 0 Å². The van der Waals surface area contributed by atoms with Crippen LogP contribution in [0.3, 0.4) is 0 Å². The second kappa shape index (κ2) is 6.37. The Morgan fingerprint density at radius 1 is 1.00 bits per heavy atom. The molecule has 0 aliphatic heterocycles. The molecule has 0 unspecified atom stereocenters. The largest absolute Gasteiger partial charge is 0.460 e. The van der Waals surface area contributed by atoms with Gasteiger partial charge in [0.05, 0.1) is 6.54 Å². The molecule has 1 aromatic heterocycles. The lowest BCUT2D eigenvalue weighted by Crippen LogP contribution is -2.57. The molecule has 25 heavy (non-hydrogen) atoms. The molecule has 0 saturated carbocycles. The smallest absolute Gasteiger partial charge is 0.304 e. The molecule has 1 heterocycles. The quantitative estimate of drug-likeness (QED) is 0.817. The minimum Gasteiger partial charge on any atom is -0.304 e. The minimum absolute atomic E-state index is 0.172. The van der Waals surface area contributed by atoms with Crippen LogP contribution in [-0.4, -0.2) is 33.7 Å². The molecule has 1 N–H and O–H groups in total. The van der Waals surface area contributed by atoms with Crippen molar-refractivity contribution in [2.24, 2.45) is 0 Å². The van der Waals surface area contributed by atoms with Crippen molar-refractivity contribution in [2.45, 2.75) is 24.6 Å². The van der Waals surface area contributed by atoms with E-state index in [9.17, 15) is 35.5 Å². The van der Waals surface area contributed by atoms with E-state index in [-0.39, 0.29) is 6.54 Å². The van der Waals surface area contributed by atoms with Crippen LogP contribution in [-0.2, 0) is 11.3 Å². The summed E-state index contributed by atoms with van der Waals surface area (Å²) in [6.45, 7) is 0.172. The number of hydrogen-bond donors (Lipinski definition) is 1. The zero-order valence-electron chi connectivity index (χ0n) is 12.2. The third-order valence-corrected chi connectivity index (χ3v) is 3.11. The van der Waals surface area contributed by atoms with Crippen LogP contribution in [0.4, 0.5) is 36.6 Å². The number of anilines is 1. The number of halogens is 7. The summed E-state index contributed by atoms with van der Waals surface area (Å²) < 4.78 is 89.3. The molecule has 2 rings (SSSR count). The first-order chi connectivity index (χ1) is 11.4. The Kier molecular flexibility index (Phi) is 4.78. The second-order valence-corrected chi connectivity index (χ2v) is 4.98. The molecule has 2 aromatic rings. The van der Waals surface area contributed by atoms with Gasteiger partial charge in [0.15, 0.2) is 5.82 Å². The van der Waals surface area contributed by atoms with Crippen molar-refractivity contribution in [3.8, 4) is 0 Å². The van der Waals surface area contributed by atoms with E-state index in [2.05, 4.69) is 5.10 Å². The van der Waals surface area contributed by atoms with Gasteiger partial charge in [-0.25, -0.2) is 0 Å². The van der Waals surface area contributed by atoms with Crippen LogP contribution >= 0.6 is 0 Å².